The Bertz CT molecular complexity index is 677. The molecule has 0 aliphatic carbocycles. The number of nitrogens with zero attached hydrogens (tertiary/aromatic N) is 1. The maximum absolute atomic E-state index is 10.9. The van der Waals surface area contributed by atoms with E-state index in [0.717, 1.165) is 56.0 Å². The number of rotatable bonds is 5. The van der Waals surface area contributed by atoms with E-state index in [1.807, 2.05) is 12.1 Å². The molecule has 1 saturated heterocycles. The molecule has 0 spiro atoms. The number of hydrogen-bond acceptors (Lipinski definition) is 4. The van der Waals surface area contributed by atoms with E-state index >= 15 is 0 Å². The molecule has 0 bridgehead atoms. The molecule has 5 nitrogen and oxygen atoms in total. The van der Waals surface area contributed by atoms with Crippen molar-refractivity contribution in [3.63, 3.8) is 0 Å². The Morgan fingerprint density at radius 1 is 1.21 bits per heavy atom. The lowest BCUT2D eigenvalue weighted by molar-refractivity contribution is 0.0697. The summed E-state index contributed by atoms with van der Waals surface area (Å²) < 4.78 is 11.4. The van der Waals surface area contributed by atoms with Gasteiger partial charge in [0.2, 0.25) is 0 Å². The molecule has 1 aromatic heterocycles. The lowest BCUT2D eigenvalue weighted by Gasteiger charge is -2.18. The van der Waals surface area contributed by atoms with Crippen LogP contribution in [0.4, 0.5) is 0 Å². The number of carbonyl (C=O) groups is 1. The molecule has 1 aliphatic heterocycles. The van der Waals surface area contributed by atoms with Crippen LogP contribution in [0, 0.1) is 0 Å². The molecule has 24 heavy (non-hydrogen) atoms. The van der Waals surface area contributed by atoms with Crippen LogP contribution in [-0.4, -0.2) is 42.3 Å². The second-order valence-electron chi connectivity index (χ2n) is 6.21. The Morgan fingerprint density at radius 2 is 2.00 bits per heavy atom. The predicted molar refractivity (Wildman–Crippen MR) is 91.0 cm³/mol. The summed E-state index contributed by atoms with van der Waals surface area (Å²) in [6.07, 6.45) is 3.69. The van der Waals surface area contributed by atoms with Gasteiger partial charge in [0.25, 0.3) is 0 Å². The van der Waals surface area contributed by atoms with Gasteiger partial charge >= 0.3 is 5.97 Å². The third-order valence-corrected chi connectivity index (χ3v) is 4.56. The molecule has 1 unspecified atom stereocenters. The molecular weight excluding hydrogens is 306 g/mol. The fraction of sp³-hybridized carbons (Fsp3) is 0.421. The van der Waals surface area contributed by atoms with E-state index in [9.17, 15) is 4.79 Å². The Hall–Kier alpha value is -2.11. The largest absolute Gasteiger partial charge is 0.478 e. The van der Waals surface area contributed by atoms with Gasteiger partial charge in [-0.1, -0.05) is 12.1 Å². The van der Waals surface area contributed by atoms with Gasteiger partial charge < -0.3 is 14.3 Å². The number of benzene rings is 1. The van der Waals surface area contributed by atoms with Gasteiger partial charge in [-0.3, -0.25) is 4.90 Å². The topological polar surface area (TPSA) is 62.9 Å². The quantitative estimate of drug-likeness (QED) is 0.907. The standard InChI is InChI=1S/C19H23NO4/c1-23-16-3-2-11-20(12-10-16)13-17-8-9-18(24-17)14-4-6-15(7-5-14)19(21)22/h4-9,16H,2-3,10-13H2,1H3,(H,21,22). The molecule has 0 amide bonds. The molecule has 0 radical (unpaired) electrons. The monoisotopic (exact) mass is 329 g/mol. The Labute approximate surface area is 141 Å². The Kier molecular flexibility index (Phi) is 5.33. The molecule has 1 N–H and O–H groups in total. The van der Waals surface area contributed by atoms with Crippen molar-refractivity contribution < 1.29 is 19.1 Å². The lowest BCUT2D eigenvalue weighted by atomic mass is 10.1. The summed E-state index contributed by atoms with van der Waals surface area (Å²) in [5.41, 5.74) is 1.17. The Balaban J connectivity index is 1.64. The third-order valence-electron chi connectivity index (χ3n) is 4.56. The summed E-state index contributed by atoms with van der Waals surface area (Å²) in [5, 5.41) is 8.95. The van der Waals surface area contributed by atoms with Gasteiger partial charge in [0.05, 0.1) is 18.2 Å². The van der Waals surface area contributed by atoms with Gasteiger partial charge in [0.1, 0.15) is 11.5 Å². The second kappa shape index (κ2) is 7.64. The number of ether oxygens (including phenoxy) is 1. The molecule has 2 aromatic rings. The number of methoxy groups -OCH3 is 1. The lowest BCUT2D eigenvalue weighted by Crippen LogP contribution is -2.24. The molecule has 1 atom stereocenters. The van der Waals surface area contributed by atoms with Gasteiger partial charge in [-0.25, -0.2) is 4.79 Å². The van der Waals surface area contributed by atoms with Crippen LogP contribution in [0.25, 0.3) is 11.3 Å². The van der Waals surface area contributed by atoms with Crippen molar-refractivity contribution in [1.82, 2.24) is 4.90 Å². The number of likely N-dealkylation sites (tertiary alicyclic amines) is 1. The summed E-state index contributed by atoms with van der Waals surface area (Å²) in [7, 11) is 1.79. The zero-order valence-corrected chi connectivity index (χ0v) is 13.9. The fourth-order valence-electron chi connectivity index (χ4n) is 3.13. The van der Waals surface area contributed by atoms with Crippen molar-refractivity contribution in [2.45, 2.75) is 31.9 Å². The van der Waals surface area contributed by atoms with Crippen LogP contribution in [-0.2, 0) is 11.3 Å². The minimum Gasteiger partial charge on any atom is -0.478 e. The minimum absolute atomic E-state index is 0.280. The molecular formula is C19H23NO4. The highest BCUT2D eigenvalue weighted by atomic mass is 16.5. The van der Waals surface area contributed by atoms with E-state index in [2.05, 4.69) is 4.90 Å². The first-order valence-electron chi connectivity index (χ1n) is 8.33. The molecule has 1 aromatic carbocycles. The molecule has 5 heteroatoms. The third kappa shape index (κ3) is 4.04. The summed E-state index contributed by atoms with van der Waals surface area (Å²) in [6.45, 7) is 2.87. The van der Waals surface area contributed by atoms with Crippen molar-refractivity contribution in [1.29, 1.82) is 0 Å². The van der Waals surface area contributed by atoms with E-state index < -0.39 is 5.97 Å². The van der Waals surface area contributed by atoms with E-state index in [1.54, 1.807) is 31.4 Å². The number of hydrogen-bond donors (Lipinski definition) is 1. The zero-order chi connectivity index (χ0) is 16.9. The summed E-state index contributed by atoms with van der Waals surface area (Å²) in [4.78, 5) is 13.3. The SMILES string of the molecule is COC1CCCN(Cc2ccc(-c3ccc(C(=O)O)cc3)o2)CC1. The molecule has 3 rings (SSSR count). The van der Waals surface area contributed by atoms with E-state index in [-0.39, 0.29) is 5.56 Å². The van der Waals surface area contributed by atoms with Crippen molar-refractivity contribution in [3.05, 3.63) is 47.7 Å². The van der Waals surface area contributed by atoms with Crippen molar-refractivity contribution in [2.75, 3.05) is 20.2 Å². The highest BCUT2D eigenvalue weighted by Gasteiger charge is 2.17. The predicted octanol–water partition coefficient (Wildman–Crippen LogP) is 3.65. The van der Waals surface area contributed by atoms with E-state index in [0.29, 0.717) is 6.10 Å². The average molecular weight is 329 g/mol. The molecule has 2 heterocycles. The fourth-order valence-corrected chi connectivity index (χ4v) is 3.13. The van der Waals surface area contributed by atoms with Crippen LogP contribution in [0.5, 0.6) is 0 Å². The van der Waals surface area contributed by atoms with Gasteiger partial charge in [-0.05, 0) is 50.1 Å². The number of furan rings is 1. The first kappa shape index (κ1) is 16.7. The maximum Gasteiger partial charge on any atom is 0.335 e. The number of carboxylic acids is 1. The van der Waals surface area contributed by atoms with Crippen LogP contribution in [0.15, 0.2) is 40.8 Å². The molecule has 0 saturated carbocycles. The highest BCUT2D eigenvalue weighted by molar-refractivity contribution is 5.88. The normalized spacial score (nSPS) is 19.1. The van der Waals surface area contributed by atoms with Crippen molar-refractivity contribution >= 4 is 5.97 Å². The number of carboxylic acid groups (broad SMARTS) is 1. The first-order valence-corrected chi connectivity index (χ1v) is 8.33. The maximum atomic E-state index is 10.9. The van der Waals surface area contributed by atoms with E-state index in [4.69, 9.17) is 14.3 Å². The Morgan fingerprint density at radius 3 is 2.71 bits per heavy atom. The second-order valence-corrected chi connectivity index (χ2v) is 6.21. The van der Waals surface area contributed by atoms with Crippen LogP contribution in [0.1, 0.15) is 35.4 Å². The van der Waals surface area contributed by atoms with Crippen molar-refractivity contribution in [2.24, 2.45) is 0 Å². The van der Waals surface area contributed by atoms with E-state index in [1.165, 1.54) is 0 Å². The summed E-state index contributed by atoms with van der Waals surface area (Å²) in [5.74, 6) is 0.784. The minimum atomic E-state index is -0.919. The van der Waals surface area contributed by atoms with Crippen molar-refractivity contribution in [3.8, 4) is 11.3 Å². The van der Waals surface area contributed by atoms with Gasteiger partial charge in [-0.15, -0.1) is 0 Å². The number of aromatic carboxylic acids is 1. The van der Waals surface area contributed by atoms with Crippen LogP contribution >= 0.6 is 0 Å². The molecule has 1 fully saturated rings. The zero-order valence-electron chi connectivity index (χ0n) is 13.9. The van der Waals surface area contributed by atoms with Gasteiger partial charge in [-0.2, -0.15) is 0 Å². The van der Waals surface area contributed by atoms with Crippen LogP contribution in [0.3, 0.4) is 0 Å². The summed E-state index contributed by atoms with van der Waals surface area (Å²) >= 11 is 0. The van der Waals surface area contributed by atoms with Gasteiger partial charge in [0, 0.05) is 19.2 Å². The average Bonchev–Trinajstić information content (AvgIpc) is 2.94. The highest BCUT2D eigenvalue weighted by Crippen LogP contribution is 2.24. The molecule has 1 aliphatic rings. The molecule has 128 valence electrons. The summed E-state index contributed by atoms with van der Waals surface area (Å²) in [6, 6.07) is 10.7. The van der Waals surface area contributed by atoms with Gasteiger partial charge in [0.15, 0.2) is 0 Å². The smallest absolute Gasteiger partial charge is 0.335 e. The van der Waals surface area contributed by atoms with Crippen LogP contribution < -0.4 is 0 Å². The van der Waals surface area contributed by atoms with Crippen LogP contribution in [0.2, 0.25) is 0 Å². The first-order chi connectivity index (χ1) is 11.7.